The van der Waals surface area contributed by atoms with Gasteiger partial charge in [-0.2, -0.15) is 0 Å². The van der Waals surface area contributed by atoms with Crippen molar-refractivity contribution in [1.82, 2.24) is 5.32 Å². The summed E-state index contributed by atoms with van der Waals surface area (Å²) >= 11 is 0. The van der Waals surface area contributed by atoms with Crippen LogP contribution in [0.2, 0.25) is 0 Å². The molecule has 1 aromatic rings. The van der Waals surface area contributed by atoms with Crippen LogP contribution in [0.4, 0.5) is 5.69 Å². The maximum absolute atomic E-state index is 11.9. The fraction of sp³-hybridized carbons (Fsp3) is 0.500. The Bertz CT molecular complexity index is 394. The fourth-order valence-corrected chi connectivity index (χ4v) is 2.41. The van der Waals surface area contributed by atoms with Gasteiger partial charge in [-0.25, -0.2) is 0 Å². The SMILES string of the molecule is Cc1cc(C)cc(NC(=O)CC2CCNC2)c1.Cl. The first-order chi connectivity index (χ1) is 8.13. The molecular formula is C14H21ClN2O. The van der Waals surface area contributed by atoms with Crippen molar-refractivity contribution in [3.8, 4) is 0 Å². The standard InChI is InChI=1S/C14H20N2O.ClH/c1-10-5-11(2)7-13(6-10)16-14(17)8-12-3-4-15-9-12;/h5-7,12,15H,3-4,8-9H2,1-2H3,(H,16,17);1H. The van der Waals surface area contributed by atoms with E-state index in [4.69, 9.17) is 0 Å². The summed E-state index contributed by atoms with van der Waals surface area (Å²) in [6, 6.07) is 6.13. The highest BCUT2D eigenvalue weighted by Crippen LogP contribution is 2.16. The van der Waals surface area contributed by atoms with Gasteiger partial charge in [0, 0.05) is 12.1 Å². The topological polar surface area (TPSA) is 41.1 Å². The molecule has 100 valence electrons. The number of amides is 1. The Balaban J connectivity index is 0.00000162. The smallest absolute Gasteiger partial charge is 0.224 e. The molecule has 1 amide bonds. The lowest BCUT2D eigenvalue weighted by Crippen LogP contribution is -2.18. The van der Waals surface area contributed by atoms with Gasteiger partial charge in [0.1, 0.15) is 0 Å². The quantitative estimate of drug-likeness (QED) is 0.885. The minimum absolute atomic E-state index is 0. The van der Waals surface area contributed by atoms with Crippen LogP contribution in [0.15, 0.2) is 18.2 Å². The number of hydrogen-bond donors (Lipinski definition) is 2. The second-order valence-electron chi connectivity index (χ2n) is 4.99. The molecular weight excluding hydrogens is 248 g/mol. The number of hydrogen-bond acceptors (Lipinski definition) is 2. The number of benzene rings is 1. The zero-order chi connectivity index (χ0) is 12.3. The highest BCUT2D eigenvalue weighted by atomic mass is 35.5. The number of carbonyl (C=O) groups is 1. The van der Waals surface area contributed by atoms with Gasteiger partial charge < -0.3 is 10.6 Å². The molecule has 0 radical (unpaired) electrons. The van der Waals surface area contributed by atoms with Gasteiger partial charge in [-0.05, 0) is 62.5 Å². The van der Waals surface area contributed by atoms with Crippen molar-refractivity contribution in [2.45, 2.75) is 26.7 Å². The maximum atomic E-state index is 11.9. The van der Waals surface area contributed by atoms with Crippen molar-refractivity contribution in [3.63, 3.8) is 0 Å². The summed E-state index contributed by atoms with van der Waals surface area (Å²) in [5, 5.41) is 6.26. The van der Waals surface area contributed by atoms with Crippen molar-refractivity contribution < 1.29 is 4.79 Å². The molecule has 1 saturated heterocycles. The first-order valence-corrected chi connectivity index (χ1v) is 6.22. The van der Waals surface area contributed by atoms with E-state index in [1.165, 1.54) is 11.1 Å². The average Bonchev–Trinajstić information content (AvgIpc) is 2.67. The Labute approximate surface area is 115 Å². The number of nitrogens with one attached hydrogen (secondary N) is 2. The summed E-state index contributed by atoms with van der Waals surface area (Å²) in [5.41, 5.74) is 3.28. The van der Waals surface area contributed by atoms with Gasteiger partial charge in [0.15, 0.2) is 0 Å². The second-order valence-corrected chi connectivity index (χ2v) is 4.99. The molecule has 1 heterocycles. The molecule has 2 N–H and O–H groups in total. The molecule has 3 nitrogen and oxygen atoms in total. The molecule has 1 aliphatic rings. The maximum Gasteiger partial charge on any atom is 0.224 e. The molecule has 1 aromatic carbocycles. The van der Waals surface area contributed by atoms with E-state index in [0.717, 1.165) is 25.2 Å². The molecule has 1 fully saturated rings. The first-order valence-electron chi connectivity index (χ1n) is 6.22. The van der Waals surface area contributed by atoms with E-state index in [1.807, 2.05) is 26.0 Å². The van der Waals surface area contributed by atoms with Gasteiger partial charge in [-0.3, -0.25) is 4.79 Å². The molecule has 0 spiro atoms. The number of aryl methyl sites for hydroxylation is 2. The lowest BCUT2D eigenvalue weighted by atomic mass is 10.0. The lowest BCUT2D eigenvalue weighted by molar-refractivity contribution is -0.116. The third-order valence-corrected chi connectivity index (χ3v) is 3.14. The van der Waals surface area contributed by atoms with Crippen molar-refractivity contribution in [2.24, 2.45) is 5.92 Å². The van der Waals surface area contributed by atoms with E-state index in [2.05, 4.69) is 16.7 Å². The van der Waals surface area contributed by atoms with Crippen LogP contribution in [0.1, 0.15) is 24.0 Å². The molecule has 1 atom stereocenters. The normalized spacial score (nSPS) is 18.2. The van der Waals surface area contributed by atoms with E-state index in [9.17, 15) is 4.79 Å². The molecule has 0 bridgehead atoms. The molecule has 0 aliphatic carbocycles. The van der Waals surface area contributed by atoms with Gasteiger partial charge in [0.2, 0.25) is 5.91 Å². The van der Waals surface area contributed by atoms with Gasteiger partial charge >= 0.3 is 0 Å². The van der Waals surface area contributed by atoms with Gasteiger partial charge in [0.25, 0.3) is 0 Å². The van der Waals surface area contributed by atoms with Crippen LogP contribution < -0.4 is 10.6 Å². The minimum atomic E-state index is 0. The molecule has 4 heteroatoms. The van der Waals surface area contributed by atoms with E-state index in [0.29, 0.717) is 12.3 Å². The molecule has 0 saturated carbocycles. The van der Waals surface area contributed by atoms with Crippen LogP contribution in [0, 0.1) is 19.8 Å². The van der Waals surface area contributed by atoms with Gasteiger partial charge in [-0.1, -0.05) is 6.07 Å². The number of carbonyl (C=O) groups excluding carboxylic acids is 1. The fourth-order valence-electron chi connectivity index (χ4n) is 2.41. The third-order valence-electron chi connectivity index (χ3n) is 3.14. The average molecular weight is 269 g/mol. The zero-order valence-corrected chi connectivity index (χ0v) is 11.8. The summed E-state index contributed by atoms with van der Waals surface area (Å²) in [7, 11) is 0. The Morgan fingerprint density at radius 3 is 2.56 bits per heavy atom. The first kappa shape index (κ1) is 15.0. The van der Waals surface area contributed by atoms with Crippen LogP contribution in [0.5, 0.6) is 0 Å². The molecule has 1 aliphatic heterocycles. The number of halogens is 1. The summed E-state index contributed by atoms with van der Waals surface area (Å²) in [6.45, 7) is 6.11. The Morgan fingerprint density at radius 2 is 2.00 bits per heavy atom. The lowest BCUT2D eigenvalue weighted by Gasteiger charge is -2.10. The molecule has 0 aromatic heterocycles. The number of anilines is 1. The summed E-state index contributed by atoms with van der Waals surface area (Å²) in [4.78, 5) is 11.9. The van der Waals surface area contributed by atoms with Crippen molar-refractivity contribution in [1.29, 1.82) is 0 Å². The molecule has 1 unspecified atom stereocenters. The Morgan fingerprint density at radius 1 is 1.33 bits per heavy atom. The largest absolute Gasteiger partial charge is 0.326 e. The summed E-state index contributed by atoms with van der Waals surface area (Å²) in [6.07, 6.45) is 1.74. The predicted molar refractivity (Wildman–Crippen MR) is 77.4 cm³/mol. The summed E-state index contributed by atoms with van der Waals surface area (Å²) in [5.74, 6) is 0.629. The van der Waals surface area contributed by atoms with Crippen molar-refractivity contribution in [2.75, 3.05) is 18.4 Å². The van der Waals surface area contributed by atoms with Crippen LogP contribution in [0.25, 0.3) is 0 Å². The van der Waals surface area contributed by atoms with E-state index in [1.54, 1.807) is 0 Å². The zero-order valence-electron chi connectivity index (χ0n) is 11.0. The van der Waals surface area contributed by atoms with E-state index >= 15 is 0 Å². The monoisotopic (exact) mass is 268 g/mol. The van der Waals surface area contributed by atoms with Gasteiger partial charge in [-0.15, -0.1) is 12.4 Å². The molecule has 18 heavy (non-hydrogen) atoms. The van der Waals surface area contributed by atoms with Crippen LogP contribution in [-0.4, -0.2) is 19.0 Å². The van der Waals surface area contributed by atoms with E-state index < -0.39 is 0 Å². The van der Waals surface area contributed by atoms with Crippen molar-refractivity contribution >= 4 is 24.0 Å². The predicted octanol–water partition coefficient (Wildman–Crippen LogP) is 2.66. The van der Waals surface area contributed by atoms with Crippen LogP contribution >= 0.6 is 12.4 Å². The molecule has 2 rings (SSSR count). The third kappa shape index (κ3) is 4.31. The van der Waals surface area contributed by atoms with Gasteiger partial charge in [0.05, 0.1) is 0 Å². The Hall–Kier alpha value is -1.06. The highest BCUT2D eigenvalue weighted by molar-refractivity contribution is 5.91. The summed E-state index contributed by atoms with van der Waals surface area (Å²) < 4.78 is 0. The Kier molecular flexibility index (Phi) is 5.63. The van der Waals surface area contributed by atoms with E-state index in [-0.39, 0.29) is 18.3 Å². The number of rotatable bonds is 3. The van der Waals surface area contributed by atoms with Crippen LogP contribution in [0.3, 0.4) is 0 Å². The van der Waals surface area contributed by atoms with Crippen molar-refractivity contribution in [3.05, 3.63) is 29.3 Å². The van der Waals surface area contributed by atoms with Crippen LogP contribution in [-0.2, 0) is 4.79 Å². The minimum Gasteiger partial charge on any atom is -0.326 e. The highest BCUT2D eigenvalue weighted by Gasteiger charge is 2.17. The second kappa shape index (κ2) is 6.76.